The van der Waals surface area contributed by atoms with E-state index in [0.717, 1.165) is 6.42 Å². The number of hydrogen-bond acceptors (Lipinski definition) is 4. The van der Waals surface area contributed by atoms with Crippen LogP contribution < -0.4 is 5.32 Å². The Hall–Kier alpha value is -0.360. The van der Waals surface area contributed by atoms with Crippen LogP contribution in [0.2, 0.25) is 0 Å². The van der Waals surface area contributed by atoms with Crippen LogP contribution in [0.3, 0.4) is 0 Å². The molecule has 0 aliphatic carbocycles. The molecule has 0 aromatic heterocycles. The van der Waals surface area contributed by atoms with Gasteiger partial charge in [0.05, 0.1) is 0 Å². The molecule has 2 unspecified atom stereocenters. The summed E-state index contributed by atoms with van der Waals surface area (Å²) in [6.45, 7) is 1.88. The number of nitrogens with one attached hydrogen (secondary N) is 1. The van der Waals surface area contributed by atoms with Crippen molar-refractivity contribution in [3.05, 3.63) is 0 Å². The Labute approximate surface area is 103 Å². The SMILES string of the molecule is CC(CCC(=O)NCC(=O)O)C1CCSS1. The Morgan fingerprint density at radius 3 is 2.88 bits per heavy atom. The minimum atomic E-state index is -0.996. The molecule has 0 bridgehead atoms. The van der Waals surface area contributed by atoms with E-state index in [1.165, 1.54) is 12.2 Å². The average Bonchev–Trinajstić information content (AvgIpc) is 2.76. The van der Waals surface area contributed by atoms with Gasteiger partial charge < -0.3 is 10.4 Å². The highest BCUT2D eigenvalue weighted by molar-refractivity contribution is 8.77. The van der Waals surface area contributed by atoms with E-state index in [4.69, 9.17) is 5.11 Å². The fourth-order valence-corrected chi connectivity index (χ4v) is 4.80. The Balaban J connectivity index is 2.12. The van der Waals surface area contributed by atoms with Crippen LogP contribution in [0.25, 0.3) is 0 Å². The lowest BCUT2D eigenvalue weighted by Gasteiger charge is -2.16. The maximum atomic E-state index is 11.3. The first kappa shape index (κ1) is 13.7. The normalized spacial score (nSPS) is 21.7. The Bertz CT molecular complexity index is 254. The Kier molecular flexibility index (Phi) is 6.05. The van der Waals surface area contributed by atoms with Gasteiger partial charge >= 0.3 is 5.97 Å². The summed E-state index contributed by atoms with van der Waals surface area (Å²) in [6, 6.07) is 0. The highest BCUT2D eigenvalue weighted by Crippen LogP contribution is 2.42. The number of carboxylic acid groups (broad SMARTS) is 1. The van der Waals surface area contributed by atoms with Crippen LogP contribution in [0.4, 0.5) is 0 Å². The summed E-state index contributed by atoms with van der Waals surface area (Å²) in [7, 11) is 3.81. The number of carbonyl (C=O) groups is 2. The number of hydrogen-bond donors (Lipinski definition) is 2. The maximum absolute atomic E-state index is 11.3. The van der Waals surface area contributed by atoms with E-state index in [0.29, 0.717) is 17.6 Å². The second kappa shape index (κ2) is 7.06. The molecule has 6 heteroatoms. The molecule has 16 heavy (non-hydrogen) atoms. The number of carboxylic acids is 1. The maximum Gasteiger partial charge on any atom is 0.322 e. The van der Waals surface area contributed by atoms with Crippen molar-refractivity contribution in [2.45, 2.75) is 31.4 Å². The molecule has 1 fully saturated rings. The molecular formula is C10H17NO3S2. The monoisotopic (exact) mass is 263 g/mol. The molecule has 1 saturated heterocycles. The lowest BCUT2D eigenvalue weighted by Crippen LogP contribution is -2.29. The van der Waals surface area contributed by atoms with E-state index in [1.807, 2.05) is 21.6 Å². The van der Waals surface area contributed by atoms with Crippen molar-refractivity contribution in [3.63, 3.8) is 0 Å². The Morgan fingerprint density at radius 2 is 2.31 bits per heavy atom. The van der Waals surface area contributed by atoms with Gasteiger partial charge in [0.2, 0.25) is 5.91 Å². The molecule has 1 amide bonds. The molecule has 1 rings (SSSR count). The molecule has 2 atom stereocenters. The van der Waals surface area contributed by atoms with Crippen molar-refractivity contribution in [1.29, 1.82) is 0 Å². The Morgan fingerprint density at radius 1 is 1.56 bits per heavy atom. The molecule has 1 aliphatic rings. The first-order chi connectivity index (χ1) is 7.59. The van der Waals surface area contributed by atoms with Crippen LogP contribution in [0, 0.1) is 5.92 Å². The van der Waals surface area contributed by atoms with Crippen LogP contribution in [0.15, 0.2) is 0 Å². The zero-order chi connectivity index (χ0) is 12.0. The molecule has 0 radical (unpaired) electrons. The van der Waals surface area contributed by atoms with Gasteiger partial charge in [0.15, 0.2) is 0 Å². The second-order valence-electron chi connectivity index (χ2n) is 3.93. The van der Waals surface area contributed by atoms with E-state index < -0.39 is 5.97 Å². The van der Waals surface area contributed by atoms with Gasteiger partial charge in [0, 0.05) is 17.4 Å². The molecule has 0 spiro atoms. The van der Waals surface area contributed by atoms with Gasteiger partial charge in [-0.1, -0.05) is 28.5 Å². The minimum Gasteiger partial charge on any atom is -0.480 e. The van der Waals surface area contributed by atoms with Gasteiger partial charge in [-0.05, 0) is 18.8 Å². The predicted octanol–water partition coefficient (Wildman–Crippen LogP) is 1.76. The predicted molar refractivity (Wildman–Crippen MR) is 67.5 cm³/mol. The van der Waals surface area contributed by atoms with Crippen molar-refractivity contribution in [2.24, 2.45) is 5.92 Å². The first-order valence-corrected chi connectivity index (χ1v) is 7.74. The summed E-state index contributed by atoms with van der Waals surface area (Å²) < 4.78 is 0. The van der Waals surface area contributed by atoms with E-state index in [2.05, 4.69) is 12.2 Å². The topological polar surface area (TPSA) is 66.4 Å². The molecule has 1 aliphatic heterocycles. The van der Waals surface area contributed by atoms with E-state index in [1.54, 1.807) is 0 Å². The van der Waals surface area contributed by atoms with Gasteiger partial charge in [-0.25, -0.2) is 0 Å². The lowest BCUT2D eigenvalue weighted by molar-refractivity contribution is -0.138. The third-order valence-electron chi connectivity index (χ3n) is 2.58. The fourth-order valence-electron chi connectivity index (χ4n) is 1.53. The van der Waals surface area contributed by atoms with E-state index >= 15 is 0 Å². The molecule has 0 aromatic rings. The quantitative estimate of drug-likeness (QED) is 0.715. The lowest BCUT2D eigenvalue weighted by atomic mass is 9.99. The minimum absolute atomic E-state index is 0.162. The van der Waals surface area contributed by atoms with Crippen LogP contribution in [-0.4, -0.2) is 34.5 Å². The highest BCUT2D eigenvalue weighted by Gasteiger charge is 2.23. The molecular weight excluding hydrogens is 246 g/mol. The van der Waals surface area contributed by atoms with Crippen molar-refractivity contribution in [2.75, 3.05) is 12.3 Å². The summed E-state index contributed by atoms with van der Waals surface area (Å²) in [5, 5.41) is 11.4. The van der Waals surface area contributed by atoms with E-state index in [9.17, 15) is 9.59 Å². The first-order valence-electron chi connectivity index (χ1n) is 5.36. The van der Waals surface area contributed by atoms with Crippen molar-refractivity contribution in [3.8, 4) is 0 Å². The summed E-state index contributed by atoms with van der Waals surface area (Å²) in [5.74, 6) is 0.565. The van der Waals surface area contributed by atoms with Crippen molar-refractivity contribution in [1.82, 2.24) is 5.32 Å². The van der Waals surface area contributed by atoms with Gasteiger partial charge in [0.25, 0.3) is 0 Å². The molecule has 1 heterocycles. The summed E-state index contributed by atoms with van der Waals surface area (Å²) in [6.07, 6.45) is 2.48. The highest BCUT2D eigenvalue weighted by atomic mass is 33.1. The van der Waals surface area contributed by atoms with Crippen LogP contribution in [-0.2, 0) is 9.59 Å². The van der Waals surface area contributed by atoms with Gasteiger partial charge in [-0.3, -0.25) is 9.59 Å². The van der Waals surface area contributed by atoms with Gasteiger partial charge in [-0.2, -0.15) is 0 Å². The molecule has 0 saturated carbocycles. The summed E-state index contributed by atoms with van der Waals surface area (Å²) >= 11 is 0. The average molecular weight is 263 g/mol. The second-order valence-corrected chi connectivity index (χ2v) is 6.66. The van der Waals surface area contributed by atoms with Crippen LogP contribution in [0.5, 0.6) is 0 Å². The largest absolute Gasteiger partial charge is 0.480 e. The third kappa shape index (κ3) is 5.12. The number of amides is 1. The van der Waals surface area contributed by atoms with Crippen LogP contribution in [0.1, 0.15) is 26.2 Å². The van der Waals surface area contributed by atoms with Gasteiger partial charge in [-0.15, -0.1) is 0 Å². The summed E-state index contributed by atoms with van der Waals surface area (Å²) in [4.78, 5) is 21.5. The number of aliphatic carboxylic acids is 1. The smallest absolute Gasteiger partial charge is 0.322 e. The number of carbonyl (C=O) groups excluding carboxylic acids is 1. The van der Waals surface area contributed by atoms with Crippen molar-refractivity contribution >= 4 is 33.5 Å². The zero-order valence-electron chi connectivity index (χ0n) is 9.27. The standard InChI is InChI=1S/C10H17NO3S2/c1-7(8-4-5-15-16-8)2-3-9(12)11-6-10(13)14/h7-8H,2-6H2,1H3,(H,11,12)(H,13,14). The van der Waals surface area contributed by atoms with Gasteiger partial charge in [0.1, 0.15) is 6.54 Å². The third-order valence-corrected chi connectivity index (χ3v) is 5.71. The zero-order valence-corrected chi connectivity index (χ0v) is 10.9. The van der Waals surface area contributed by atoms with Crippen LogP contribution >= 0.6 is 21.6 Å². The molecule has 2 N–H and O–H groups in total. The number of rotatable bonds is 6. The van der Waals surface area contributed by atoms with E-state index in [-0.39, 0.29) is 12.5 Å². The molecule has 0 aromatic carbocycles. The molecule has 92 valence electrons. The molecule has 4 nitrogen and oxygen atoms in total. The van der Waals surface area contributed by atoms with Crippen molar-refractivity contribution < 1.29 is 14.7 Å². The summed E-state index contributed by atoms with van der Waals surface area (Å²) in [5.41, 5.74) is 0. The fraction of sp³-hybridized carbons (Fsp3) is 0.800.